The van der Waals surface area contributed by atoms with Crippen LogP contribution in [0, 0.1) is 0 Å². The van der Waals surface area contributed by atoms with Gasteiger partial charge in [0.15, 0.2) is 0 Å². The van der Waals surface area contributed by atoms with Gasteiger partial charge in [0, 0.05) is 13.2 Å². The quantitative estimate of drug-likeness (QED) is 0.689. The summed E-state index contributed by atoms with van der Waals surface area (Å²) in [5.41, 5.74) is 1.15. The van der Waals surface area contributed by atoms with Crippen molar-refractivity contribution in [3.8, 4) is 0 Å². The van der Waals surface area contributed by atoms with Crippen molar-refractivity contribution in [1.82, 2.24) is 10.6 Å². The molecule has 2 unspecified atom stereocenters. The molecule has 1 aliphatic heterocycles. The van der Waals surface area contributed by atoms with Crippen LogP contribution in [0.1, 0.15) is 12.0 Å². The Balaban J connectivity index is 1.72. The van der Waals surface area contributed by atoms with Crippen molar-refractivity contribution in [3.05, 3.63) is 35.9 Å². The lowest BCUT2D eigenvalue weighted by Gasteiger charge is -2.31. The van der Waals surface area contributed by atoms with Gasteiger partial charge in [0.25, 0.3) is 0 Å². The van der Waals surface area contributed by atoms with E-state index in [9.17, 15) is 9.59 Å². The largest absolute Gasteiger partial charge is 0.480 e. The fourth-order valence-electron chi connectivity index (χ4n) is 2.42. The molecular formula is C16H22N2O5. The van der Waals surface area contributed by atoms with E-state index in [-0.39, 0.29) is 24.8 Å². The van der Waals surface area contributed by atoms with Crippen molar-refractivity contribution in [2.75, 3.05) is 26.4 Å². The first-order valence-electron chi connectivity index (χ1n) is 7.64. The highest BCUT2D eigenvalue weighted by Crippen LogP contribution is 2.11. The van der Waals surface area contributed by atoms with E-state index in [0.717, 1.165) is 12.0 Å². The van der Waals surface area contributed by atoms with Crippen molar-refractivity contribution in [2.24, 2.45) is 0 Å². The topological polar surface area (TPSA) is 96.9 Å². The summed E-state index contributed by atoms with van der Waals surface area (Å²) < 4.78 is 10.6. The Labute approximate surface area is 135 Å². The minimum Gasteiger partial charge on any atom is -0.480 e. The van der Waals surface area contributed by atoms with Gasteiger partial charge in [0.1, 0.15) is 6.61 Å². The minimum atomic E-state index is -1.03. The van der Waals surface area contributed by atoms with Crippen LogP contribution in [0.3, 0.4) is 0 Å². The number of urea groups is 1. The van der Waals surface area contributed by atoms with Gasteiger partial charge in [-0.3, -0.25) is 0 Å². The Morgan fingerprint density at radius 2 is 2.09 bits per heavy atom. The first-order chi connectivity index (χ1) is 11.1. The summed E-state index contributed by atoms with van der Waals surface area (Å²) in [5.74, 6) is -1.03. The number of hydrogen-bond acceptors (Lipinski definition) is 4. The van der Waals surface area contributed by atoms with E-state index in [1.165, 1.54) is 0 Å². The van der Waals surface area contributed by atoms with Crippen LogP contribution in [0.5, 0.6) is 0 Å². The number of ether oxygens (including phenoxy) is 2. The Hall–Kier alpha value is -2.12. The Bertz CT molecular complexity index is 508. The molecule has 1 fully saturated rings. The Morgan fingerprint density at radius 3 is 2.83 bits per heavy atom. The highest BCUT2D eigenvalue weighted by Gasteiger charge is 2.28. The van der Waals surface area contributed by atoms with Gasteiger partial charge in [-0.1, -0.05) is 30.3 Å². The van der Waals surface area contributed by atoms with Crippen LogP contribution >= 0.6 is 0 Å². The number of carboxylic acids is 1. The first kappa shape index (κ1) is 17.2. The molecule has 2 atom stereocenters. The molecule has 2 rings (SSSR count). The molecular weight excluding hydrogens is 300 g/mol. The molecule has 1 saturated heterocycles. The highest BCUT2D eigenvalue weighted by molar-refractivity contribution is 5.74. The monoisotopic (exact) mass is 322 g/mol. The number of carbonyl (C=O) groups excluding carboxylic acids is 1. The molecule has 1 aromatic rings. The van der Waals surface area contributed by atoms with Gasteiger partial charge in [-0.2, -0.15) is 0 Å². The van der Waals surface area contributed by atoms with Crippen LogP contribution in [-0.2, 0) is 20.7 Å². The van der Waals surface area contributed by atoms with Crippen LogP contribution in [0.4, 0.5) is 4.79 Å². The smallest absolute Gasteiger partial charge is 0.329 e. The first-order valence-corrected chi connectivity index (χ1v) is 7.64. The summed E-state index contributed by atoms with van der Waals surface area (Å²) in [7, 11) is 0. The molecule has 0 spiro atoms. The Morgan fingerprint density at radius 1 is 1.30 bits per heavy atom. The van der Waals surface area contributed by atoms with E-state index < -0.39 is 5.97 Å². The van der Waals surface area contributed by atoms with Crippen molar-refractivity contribution in [2.45, 2.75) is 25.0 Å². The number of aliphatic carboxylic acids is 1. The number of carbonyl (C=O) groups is 2. The van der Waals surface area contributed by atoms with Crippen LogP contribution in [0.2, 0.25) is 0 Å². The molecule has 0 aliphatic carbocycles. The maximum absolute atomic E-state index is 11.9. The molecule has 2 amide bonds. The van der Waals surface area contributed by atoms with Crippen molar-refractivity contribution in [1.29, 1.82) is 0 Å². The molecule has 3 N–H and O–H groups in total. The molecule has 7 nitrogen and oxygen atoms in total. The summed E-state index contributed by atoms with van der Waals surface area (Å²) in [6.07, 6.45) is 0.955. The van der Waals surface area contributed by atoms with E-state index in [4.69, 9.17) is 14.6 Å². The van der Waals surface area contributed by atoms with Gasteiger partial charge in [-0.15, -0.1) is 0 Å². The number of carboxylic acid groups (broad SMARTS) is 1. The Kier molecular flexibility index (Phi) is 6.83. The third-order valence-corrected chi connectivity index (χ3v) is 3.57. The van der Waals surface area contributed by atoms with Crippen LogP contribution in [0.25, 0.3) is 0 Å². The summed E-state index contributed by atoms with van der Waals surface area (Å²) in [6, 6.07) is 9.22. The third kappa shape index (κ3) is 6.25. The molecule has 0 bridgehead atoms. The average molecular weight is 322 g/mol. The maximum Gasteiger partial charge on any atom is 0.329 e. The lowest BCUT2D eigenvalue weighted by Crippen LogP contribution is -2.53. The minimum absolute atomic E-state index is 0.305. The second kappa shape index (κ2) is 9.12. The normalized spacial score (nSPS) is 20.7. The number of hydrogen-bond donors (Lipinski definition) is 3. The molecule has 0 aromatic heterocycles. The van der Waals surface area contributed by atoms with E-state index in [0.29, 0.717) is 26.2 Å². The zero-order valence-electron chi connectivity index (χ0n) is 12.9. The molecule has 1 aromatic carbocycles. The van der Waals surface area contributed by atoms with Crippen molar-refractivity contribution >= 4 is 12.0 Å². The summed E-state index contributed by atoms with van der Waals surface area (Å²) in [6.45, 7) is 0.955. The van der Waals surface area contributed by atoms with Gasteiger partial charge >= 0.3 is 12.0 Å². The van der Waals surface area contributed by atoms with Crippen LogP contribution in [0.15, 0.2) is 30.3 Å². The SMILES string of the molecule is O=C(O)COC1CCOCC1NC(=O)NCCc1ccccc1. The van der Waals surface area contributed by atoms with E-state index in [1.807, 2.05) is 30.3 Å². The number of benzene rings is 1. The summed E-state index contributed by atoms with van der Waals surface area (Å²) in [5, 5.41) is 14.3. The zero-order chi connectivity index (χ0) is 16.5. The summed E-state index contributed by atoms with van der Waals surface area (Å²) in [4.78, 5) is 22.5. The number of amides is 2. The molecule has 0 saturated carbocycles. The van der Waals surface area contributed by atoms with Crippen LogP contribution in [-0.4, -0.2) is 55.6 Å². The summed E-state index contributed by atoms with van der Waals surface area (Å²) >= 11 is 0. The standard InChI is InChI=1S/C16H22N2O5/c19-15(20)11-23-14-7-9-22-10-13(14)18-16(21)17-8-6-12-4-2-1-3-5-12/h1-5,13-14H,6-11H2,(H,19,20)(H2,17,18,21). The number of nitrogens with one attached hydrogen (secondary N) is 2. The van der Waals surface area contributed by atoms with Crippen molar-refractivity contribution in [3.63, 3.8) is 0 Å². The fraction of sp³-hybridized carbons (Fsp3) is 0.500. The molecule has 1 aliphatic rings. The lowest BCUT2D eigenvalue weighted by atomic mass is 10.1. The lowest BCUT2D eigenvalue weighted by molar-refractivity contribution is -0.147. The second-order valence-corrected chi connectivity index (χ2v) is 5.35. The van der Waals surface area contributed by atoms with Gasteiger partial charge < -0.3 is 25.2 Å². The van der Waals surface area contributed by atoms with Crippen molar-refractivity contribution < 1.29 is 24.2 Å². The molecule has 23 heavy (non-hydrogen) atoms. The van der Waals surface area contributed by atoms with E-state index in [1.54, 1.807) is 0 Å². The fourth-order valence-corrected chi connectivity index (χ4v) is 2.42. The highest BCUT2D eigenvalue weighted by atomic mass is 16.5. The van der Waals surface area contributed by atoms with E-state index >= 15 is 0 Å². The van der Waals surface area contributed by atoms with Gasteiger partial charge in [0.2, 0.25) is 0 Å². The molecule has 126 valence electrons. The van der Waals surface area contributed by atoms with Gasteiger partial charge in [-0.05, 0) is 18.4 Å². The van der Waals surface area contributed by atoms with Gasteiger partial charge in [-0.25, -0.2) is 9.59 Å². The maximum atomic E-state index is 11.9. The number of rotatable bonds is 7. The third-order valence-electron chi connectivity index (χ3n) is 3.57. The predicted octanol–water partition coefficient (Wildman–Crippen LogP) is 0.787. The average Bonchev–Trinajstić information content (AvgIpc) is 2.55. The van der Waals surface area contributed by atoms with E-state index in [2.05, 4.69) is 10.6 Å². The zero-order valence-corrected chi connectivity index (χ0v) is 12.9. The van der Waals surface area contributed by atoms with Crippen LogP contribution < -0.4 is 10.6 Å². The second-order valence-electron chi connectivity index (χ2n) is 5.35. The van der Waals surface area contributed by atoms with Gasteiger partial charge in [0.05, 0.1) is 18.8 Å². The predicted molar refractivity (Wildman–Crippen MR) is 83.3 cm³/mol. The molecule has 7 heteroatoms. The molecule has 1 heterocycles. The molecule has 0 radical (unpaired) electrons.